The number of nitrogens with one attached hydrogen (secondary N) is 1. The van der Waals surface area contributed by atoms with Crippen LogP contribution < -0.4 is 10.9 Å². The zero-order chi connectivity index (χ0) is 21.2. The fraction of sp³-hybridized carbons (Fsp3) is 0.458. The molecule has 0 spiro atoms. The Morgan fingerprint density at radius 1 is 1.16 bits per heavy atom. The van der Waals surface area contributed by atoms with Gasteiger partial charge in [-0.2, -0.15) is 0 Å². The van der Waals surface area contributed by atoms with Crippen LogP contribution in [0, 0.1) is 5.92 Å². The van der Waals surface area contributed by atoms with Gasteiger partial charge in [-0.1, -0.05) is 18.2 Å². The Balaban J connectivity index is 1.36. The predicted octanol–water partition coefficient (Wildman–Crippen LogP) is 4.73. The van der Waals surface area contributed by atoms with Crippen LogP contribution >= 0.6 is 0 Å². The van der Waals surface area contributed by atoms with Gasteiger partial charge in [0.05, 0.1) is 10.9 Å². The van der Waals surface area contributed by atoms with E-state index in [1.807, 2.05) is 16.8 Å². The molecule has 6 rings (SSSR count). The van der Waals surface area contributed by atoms with Crippen molar-refractivity contribution in [2.75, 3.05) is 5.32 Å². The Hall–Kier alpha value is -2.83. The highest BCUT2D eigenvalue weighted by atomic mass is 19.3. The maximum absolute atomic E-state index is 14.1. The third-order valence-corrected chi connectivity index (χ3v) is 7.69. The average Bonchev–Trinajstić information content (AvgIpc) is 3.46. The largest absolute Gasteiger partial charge is 0.365 e. The van der Waals surface area contributed by atoms with Gasteiger partial charge in [0.15, 0.2) is 0 Å². The number of halogens is 2. The standard InChI is InChI=1S/C24H24F2N4O/c25-24(26)9-6-17-16(2-1-3-19(17)24)12-27-22-18-13-30(21(31)10-20(18)28-14-29-22)23-7-4-15(11-23)5-8-23/h1-3,10,13-15H,4-9,11-12H2,(H,27,28,29). The van der Waals surface area contributed by atoms with E-state index in [-0.39, 0.29) is 23.1 Å². The maximum Gasteiger partial charge on any atom is 0.273 e. The second-order valence-electron chi connectivity index (χ2n) is 9.38. The maximum atomic E-state index is 14.1. The summed E-state index contributed by atoms with van der Waals surface area (Å²) in [6, 6.07) is 6.72. The lowest BCUT2D eigenvalue weighted by molar-refractivity contribution is -0.00184. The zero-order valence-corrected chi connectivity index (χ0v) is 17.2. The quantitative estimate of drug-likeness (QED) is 0.660. The van der Waals surface area contributed by atoms with Crippen LogP contribution in [0.15, 0.2) is 41.6 Å². The van der Waals surface area contributed by atoms with E-state index in [0.29, 0.717) is 24.3 Å². The van der Waals surface area contributed by atoms with Crippen LogP contribution in [0.1, 0.15) is 55.2 Å². The van der Waals surface area contributed by atoms with E-state index in [4.69, 9.17) is 0 Å². The molecular weight excluding hydrogens is 398 g/mol. The van der Waals surface area contributed by atoms with Crippen molar-refractivity contribution in [1.29, 1.82) is 0 Å². The summed E-state index contributed by atoms with van der Waals surface area (Å²) in [6.45, 7) is 0.401. The van der Waals surface area contributed by atoms with E-state index in [2.05, 4.69) is 15.3 Å². The first-order valence-corrected chi connectivity index (χ1v) is 11.1. The molecule has 0 aliphatic heterocycles. The first-order chi connectivity index (χ1) is 15.0. The highest BCUT2D eigenvalue weighted by Gasteiger charge is 2.46. The number of nitrogens with zero attached hydrogens (tertiary/aromatic N) is 3. The lowest BCUT2D eigenvalue weighted by Gasteiger charge is -2.29. The minimum absolute atomic E-state index is 0.0113. The Morgan fingerprint density at radius 3 is 2.77 bits per heavy atom. The fourth-order valence-electron chi connectivity index (χ4n) is 6.08. The molecule has 160 valence electrons. The van der Waals surface area contributed by atoms with Gasteiger partial charge < -0.3 is 9.88 Å². The van der Waals surface area contributed by atoms with Crippen molar-refractivity contribution < 1.29 is 8.78 Å². The SMILES string of the molecule is O=c1cc2ncnc(NCc3cccc4c3CCC4(F)F)c2cn1C12CCC(CC1)C2. The molecule has 0 unspecified atom stereocenters. The van der Waals surface area contributed by atoms with E-state index in [1.54, 1.807) is 12.1 Å². The number of aromatic nitrogens is 3. The molecule has 2 aromatic heterocycles. The van der Waals surface area contributed by atoms with Crippen molar-refractivity contribution in [2.24, 2.45) is 5.92 Å². The lowest BCUT2D eigenvalue weighted by Crippen LogP contribution is -2.37. The summed E-state index contributed by atoms with van der Waals surface area (Å²) in [5.74, 6) is -1.39. The number of anilines is 1. The van der Waals surface area contributed by atoms with Crippen LogP contribution in [0.4, 0.5) is 14.6 Å². The molecule has 5 nitrogen and oxygen atoms in total. The molecule has 31 heavy (non-hydrogen) atoms. The van der Waals surface area contributed by atoms with Crippen LogP contribution in [-0.4, -0.2) is 14.5 Å². The summed E-state index contributed by atoms with van der Waals surface area (Å²) in [7, 11) is 0. The third kappa shape index (κ3) is 2.89. The second-order valence-corrected chi connectivity index (χ2v) is 9.38. The number of rotatable bonds is 4. The molecule has 3 aliphatic carbocycles. The van der Waals surface area contributed by atoms with Gasteiger partial charge in [-0.25, -0.2) is 18.7 Å². The van der Waals surface area contributed by atoms with Gasteiger partial charge >= 0.3 is 0 Å². The minimum Gasteiger partial charge on any atom is -0.365 e. The van der Waals surface area contributed by atoms with E-state index in [9.17, 15) is 13.6 Å². The number of fused-ring (bicyclic) bond motifs is 4. The van der Waals surface area contributed by atoms with Gasteiger partial charge in [-0.15, -0.1) is 0 Å². The molecule has 2 bridgehead atoms. The molecule has 0 amide bonds. The number of alkyl halides is 2. The number of hydrogen-bond donors (Lipinski definition) is 1. The van der Waals surface area contributed by atoms with Gasteiger partial charge in [0.25, 0.3) is 11.5 Å². The molecule has 1 aromatic carbocycles. The van der Waals surface area contributed by atoms with E-state index in [0.717, 1.165) is 41.7 Å². The van der Waals surface area contributed by atoms with Crippen molar-refractivity contribution >= 4 is 16.7 Å². The van der Waals surface area contributed by atoms with Gasteiger partial charge in [0.2, 0.25) is 0 Å². The van der Waals surface area contributed by atoms with Crippen molar-refractivity contribution in [1.82, 2.24) is 14.5 Å². The normalized spacial score (nSPS) is 25.8. The first kappa shape index (κ1) is 18.9. The summed E-state index contributed by atoms with van der Waals surface area (Å²) < 4.78 is 30.2. The van der Waals surface area contributed by atoms with Crippen LogP contribution in [0.5, 0.6) is 0 Å². The summed E-state index contributed by atoms with van der Waals surface area (Å²) in [5.41, 5.74) is 2.26. The van der Waals surface area contributed by atoms with Gasteiger partial charge in [-0.3, -0.25) is 4.79 Å². The van der Waals surface area contributed by atoms with Crippen molar-refractivity contribution in [3.8, 4) is 0 Å². The number of hydrogen-bond acceptors (Lipinski definition) is 4. The molecule has 2 heterocycles. The molecular formula is C24H24F2N4O. The van der Waals surface area contributed by atoms with Crippen molar-refractivity contribution in [2.45, 2.75) is 63.0 Å². The molecule has 3 aromatic rings. The zero-order valence-electron chi connectivity index (χ0n) is 17.2. The molecule has 1 N–H and O–H groups in total. The van der Waals surface area contributed by atoms with Crippen LogP contribution in [0.3, 0.4) is 0 Å². The van der Waals surface area contributed by atoms with Crippen LogP contribution in [0.2, 0.25) is 0 Å². The van der Waals surface area contributed by atoms with Crippen LogP contribution in [0.25, 0.3) is 10.9 Å². The molecule has 0 radical (unpaired) electrons. The molecule has 0 atom stereocenters. The number of pyridine rings is 1. The Kier molecular flexibility index (Phi) is 4.01. The summed E-state index contributed by atoms with van der Waals surface area (Å²) in [6.07, 6.45) is 9.14. The summed E-state index contributed by atoms with van der Waals surface area (Å²) in [4.78, 5) is 21.6. The third-order valence-electron chi connectivity index (χ3n) is 7.69. The average molecular weight is 422 g/mol. The fourth-order valence-corrected chi connectivity index (χ4v) is 6.08. The molecule has 2 fully saturated rings. The lowest BCUT2D eigenvalue weighted by atomic mass is 9.93. The summed E-state index contributed by atoms with van der Waals surface area (Å²) in [5, 5.41) is 4.12. The molecule has 7 heteroatoms. The first-order valence-electron chi connectivity index (χ1n) is 11.1. The highest BCUT2D eigenvalue weighted by molar-refractivity contribution is 5.88. The van der Waals surface area contributed by atoms with Gasteiger partial charge in [-0.05, 0) is 55.6 Å². The van der Waals surface area contributed by atoms with Crippen molar-refractivity contribution in [3.05, 3.63) is 63.8 Å². The second kappa shape index (κ2) is 6.58. The monoisotopic (exact) mass is 422 g/mol. The van der Waals surface area contributed by atoms with E-state index in [1.165, 1.54) is 25.2 Å². The Bertz CT molecular complexity index is 1240. The Labute approximate surface area is 178 Å². The van der Waals surface area contributed by atoms with Crippen LogP contribution in [-0.2, 0) is 24.4 Å². The summed E-state index contributed by atoms with van der Waals surface area (Å²) >= 11 is 0. The topological polar surface area (TPSA) is 59.8 Å². The Morgan fingerprint density at radius 2 is 2.00 bits per heavy atom. The molecule has 2 saturated carbocycles. The van der Waals surface area contributed by atoms with Gasteiger partial charge in [0, 0.05) is 36.3 Å². The minimum atomic E-state index is -2.75. The van der Waals surface area contributed by atoms with E-state index < -0.39 is 5.92 Å². The van der Waals surface area contributed by atoms with Crippen molar-refractivity contribution in [3.63, 3.8) is 0 Å². The molecule has 0 saturated heterocycles. The van der Waals surface area contributed by atoms with E-state index >= 15 is 0 Å². The number of benzene rings is 1. The van der Waals surface area contributed by atoms with Gasteiger partial charge in [0.1, 0.15) is 12.1 Å². The molecule has 3 aliphatic rings. The predicted molar refractivity (Wildman–Crippen MR) is 114 cm³/mol. The smallest absolute Gasteiger partial charge is 0.273 e. The highest BCUT2D eigenvalue weighted by Crippen LogP contribution is 2.52.